The van der Waals surface area contributed by atoms with Gasteiger partial charge in [-0.05, 0) is 47.5 Å². The lowest BCUT2D eigenvalue weighted by Gasteiger charge is -2.09. The monoisotopic (exact) mass is 370 g/mol. The molecule has 2 aromatic carbocycles. The van der Waals surface area contributed by atoms with Crippen LogP contribution >= 0.6 is 0 Å². The second kappa shape index (κ2) is 6.85. The van der Waals surface area contributed by atoms with Crippen molar-refractivity contribution in [3.8, 4) is 16.9 Å². The molecule has 0 aliphatic rings. The molecule has 3 N–H and O–H groups in total. The minimum absolute atomic E-state index is 0.0455. The Labute approximate surface area is 149 Å². The van der Waals surface area contributed by atoms with Crippen LogP contribution in [0.25, 0.3) is 11.1 Å². The largest absolute Gasteiger partial charge is 0.507 e. The number of sulfonamides is 1. The molecule has 8 heteroatoms. The molecule has 0 aliphatic heterocycles. The topological polar surface area (TPSA) is 117 Å². The van der Waals surface area contributed by atoms with Crippen LogP contribution in [0.1, 0.15) is 10.4 Å². The van der Waals surface area contributed by atoms with Gasteiger partial charge in [0.25, 0.3) is 10.0 Å². The number of aromatic carboxylic acids is 1. The molecule has 1 heterocycles. The van der Waals surface area contributed by atoms with Crippen molar-refractivity contribution in [2.45, 2.75) is 4.90 Å². The highest BCUT2D eigenvalue weighted by molar-refractivity contribution is 7.92. The number of hydrogen-bond acceptors (Lipinski definition) is 5. The van der Waals surface area contributed by atoms with Crippen LogP contribution in [0.15, 0.2) is 71.8 Å². The Morgan fingerprint density at radius 3 is 2.27 bits per heavy atom. The number of pyridine rings is 1. The Morgan fingerprint density at radius 2 is 1.65 bits per heavy atom. The second-order valence-electron chi connectivity index (χ2n) is 5.38. The van der Waals surface area contributed by atoms with E-state index in [1.165, 1.54) is 36.5 Å². The number of carboxylic acid groups (broad SMARTS) is 1. The van der Waals surface area contributed by atoms with Crippen molar-refractivity contribution in [2.24, 2.45) is 0 Å². The Balaban J connectivity index is 1.89. The molecule has 3 rings (SSSR count). The maximum Gasteiger partial charge on any atom is 0.339 e. The highest BCUT2D eigenvalue weighted by Crippen LogP contribution is 2.27. The van der Waals surface area contributed by atoms with Crippen LogP contribution in [0.2, 0.25) is 0 Å². The van der Waals surface area contributed by atoms with E-state index in [4.69, 9.17) is 5.11 Å². The van der Waals surface area contributed by atoms with Gasteiger partial charge in [-0.2, -0.15) is 0 Å². The Morgan fingerprint density at radius 1 is 0.962 bits per heavy atom. The van der Waals surface area contributed by atoms with Gasteiger partial charge in [0.05, 0.1) is 4.90 Å². The SMILES string of the molecule is O=C(O)c1cc(-c2ccc(S(=O)(=O)Nc3ccccn3)cc2)ccc1O. The van der Waals surface area contributed by atoms with E-state index in [0.717, 1.165) is 0 Å². The summed E-state index contributed by atoms with van der Waals surface area (Å²) in [7, 11) is -3.79. The molecule has 0 atom stereocenters. The molecule has 132 valence electrons. The number of carbonyl (C=O) groups is 1. The van der Waals surface area contributed by atoms with Crippen molar-refractivity contribution < 1.29 is 23.4 Å². The second-order valence-corrected chi connectivity index (χ2v) is 7.06. The zero-order valence-corrected chi connectivity index (χ0v) is 14.1. The van der Waals surface area contributed by atoms with Gasteiger partial charge < -0.3 is 10.2 Å². The van der Waals surface area contributed by atoms with Gasteiger partial charge in [-0.1, -0.05) is 24.3 Å². The lowest BCUT2D eigenvalue weighted by atomic mass is 10.0. The number of anilines is 1. The molecule has 7 nitrogen and oxygen atoms in total. The molecule has 0 fully saturated rings. The summed E-state index contributed by atoms with van der Waals surface area (Å²) in [5.41, 5.74) is 0.933. The van der Waals surface area contributed by atoms with Gasteiger partial charge in [0.15, 0.2) is 0 Å². The van der Waals surface area contributed by atoms with Crippen LogP contribution in [0.5, 0.6) is 5.75 Å². The number of nitrogens with one attached hydrogen (secondary N) is 1. The van der Waals surface area contributed by atoms with Crippen LogP contribution in [0, 0.1) is 0 Å². The average Bonchev–Trinajstić information content (AvgIpc) is 2.62. The van der Waals surface area contributed by atoms with E-state index in [0.29, 0.717) is 11.1 Å². The molecule has 26 heavy (non-hydrogen) atoms. The number of aromatic hydroxyl groups is 1. The molecule has 1 aromatic heterocycles. The van der Waals surface area contributed by atoms with Gasteiger partial charge in [-0.15, -0.1) is 0 Å². The first-order valence-electron chi connectivity index (χ1n) is 7.47. The van der Waals surface area contributed by atoms with Gasteiger partial charge in [0, 0.05) is 6.20 Å². The molecule has 0 spiro atoms. The lowest BCUT2D eigenvalue weighted by Crippen LogP contribution is -2.13. The molecule has 3 aromatic rings. The van der Waals surface area contributed by atoms with Crippen molar-refractivity contribution >= 4 is 21.8 Å². The van der Waals surface area contributed by atoms with Crippen molar-refractivity contribution in [2.75, 3.05) is 4.72 Å². The van der Waals surface area contributed by atoms with Crippen molar-refractivity contribution in [1.29, 1.82) is 0 Å². The quantitative estimate of drug-likeness (QED) is 0.636. The fourth-order valence-electron chi connectivity index (χ4n) is 2.33. The maximum atomic E-state index is 12.4. The maximum absolute atomic E-state index is 12.4. The summed E-state index contributed by atoms with van der Waals surface area (Å²) < 4.78 is 27.1. The third-order valence-electron chi connectivity index (χ3n) is 3.63. The fourth-order valence-corrected chi connectivity index (χ4v) is 3.34. The van der Waals surface area contributed by atoms with Crippen LogP contribution in [0.4, 0.5) is 5.82 Å². The first kappa shape index (κ1) is 17.4. The molecule has 0 amide bonds. The van der Waals surface area contributed by atoms with Gasteiger partial charge in [0.2, 0.25) is 0 Å². The van der Waals surface area contributed by atoms with Crippen LogP contribution in [-0.2, 0) is 10.0 Å². The summed E-state index contributed by atoms with van der Waals surface area (Å²) in [5.74, 6) is -1.37. The third kappa shape index (κ3) is 3.65. The Kier molecular flexibility index (Phi) is 4.59. The standard InChI is InChI=1S/C18H14N2O5S/c21-16-9-6-13(11-15(16)18(22)23)12-4-7-14(8-5-12)26(24,25)20-17-3-1-2-10-19-17/h1-11,21H,(H,19,20)(H,22,23). The van der Waals surface area contributed by atoms with Crippen LogP contribution < -0.4 is 4.72 Å². The molecular weight excluding hydrogens is 356 g/mol. The highest BCUT2D eigenvalue weighted by Gasteiger charge is 2.15. The molecule has 0 aliphatic carbocycles. The number of hydrogen-bond donors (Lipinski definition) is 3. The third-order valence-corrected chi connectivity index (χ3v) is 5.00. The predicted octanol–water partition coefficient (Wildman–Crippen LogP) is 2.95. The highest BCUT2D eigenvalue weighted by atomic mass is 32.2. The minimum Gasteiger partial charge on any atom is -0.507 e. The number of rotatable bonds is 5. The summed E-state index contributed by atoms with van der Waals surface area (Å²) in [5, 5.41) is 18.6. The predicted molar refractivity (Wildman–Crippen MR) is 95.5 cm³/mol. The zero-order chi connectivity index (χ0) is 18.7. The molecule has 0 saturated carbocycles. The van der Waals surface area contributed by atoms with Gasteiger partial charge in [-0.25, -0.2) is 18.2 Å². The van der Waals surface area contributed by atoms with Gasteiger partial charge in [-0.3, -0.25) is 4.72 Å². The number of benzene rings is 2. The zero-order valence-electron chi connectivity index (χ0n) is 13.3. The molecule has 0 radical (unpaired) electrons. The summed E-state index contributed by atoms with van der Waals surface area (Å²) in [6, 6.07) is 15.0. The van der Waals surface area contributed by atoms with Gasteiger partial charge in [0.1, 0.15) is 17.1 Å². The lowest BCUT2D eigenvalue weighted by molar-refractivity contribution is 0.0694. The Hall–Kier alpha value is -3.39. The summed E-state index contributed by atoms with van der Waals surface area (Å²) in [6.07, 6.45) is 1.48. The van der Waals surface area contributed by atoms with E-state index in [1.807, 2.05) is 0 Å². The number of aromatic nitrogens is 1. The van der Waals surface area contributed by atoms with Gasteiger partial charge >= 0.3 is 5.97 Å². The Bertz CT molecular complexity index is 1050. The van der Waals surface area contributed by atoms with Crippen LogP contribution in [0.3, 0.4) is 0 Å². The summed E-state index contributed by atoms with van der Waals surface area (Å²) in [4.78, 5) is 15.1. The number of carboxylic acids is 1. The van der Waals surface area contributed by atoms with E-state index in [2.05, 4.69) is 9.71 Å². The molecular formula is C18H14N2O5S. The van der Waals surface area contributed by atoms with E-state index in [1.54, 1.807) is 30.3 Å². The molecule has 0 saturated heterocycles. The summed E-state index contributed by atoms with van der Waals surface area (Å²) >= 11 is 0. The average molecular weight is 370 g/mol. The smallest absolute Gasteiger partial charge is 0.339 e. The van der Waals surface area contributed by atoms with E-state index >= 15 is 0 Å². The molecule has 0 bridgehead atoms. The van der Waals surface area contributed by atoms with Crippen molar-refractivity contribution in [3.63, 3.8) is 0 Å². The summed E-state index contributed by atoms with van der Waals surface area (Å²) in [6.45, 7) is 0. The normalized spacial score (nSPS) is 11.1. The van der Waals surface area contributed by atoms with E-state index in [-0.39, 0.29) is 22.0 Å². The fraction of sp³-hybridized carbons (Fsp3) is 0. The molecule has 0 unspecified atom stereocenters. The minimum atomic E-state index is -3.79. The first-order chi connectivity index (χ1) is 12.4. The van der Waals surface area contributed by atoms with Crippen molar-refractivity contribution in [3.05, 3.63) is 72.4 Å². The number of nitrogens with zero attached hydrogens (tertiary/aromatic N) is 1. The van der Waals surface area contributed by atoms with E-state index < -0.39 is 16.0 Å². The van der Waals surface area contributed by atoms with Crippen molar-refractivity contribution in [1.82, 2.24) is 4.98 Å². The van der Waals surface area contributed by atoms with Crippen LogP contribution in [-0.4, -0.2) is 29.6 Å². The van der Waals surface area contributed by atoms with E-state index in [9.17, 15) is 18.3 Å². The number of phenols is 1. The first-order valence-corrected chi connectivity index (χ1v) is 8.96.